The van der Waals surface area contributed by atoms with Crippen LogP contribution in [0.2, 0.25) is 0 Å². The predicted octanol–water partition coefficient (Wildman–Crippen LogP) is 7.83. The number of esters is 1. The fraction of sp³-hybridized carbons (Fsp3) is 0.762. The molecule has 11 atom stereocenters. The van der Waals surface area contributed by atoms with Crippen molar-refractivity contribution in [2.24, 2.45) is 28.2 Å². The molecule has 0 saturated carbocycles. The van der Waals surface area contributed by atoms with Crippen LogP contribution in [0.4, 0.5) is 0 Å². The maximum absolute atomic E-state index is 12.5. The van der Waals surface area contributed by atoms with Crippen molar-refractivity contribution >= 4 is 11.7 Å². The summed E-state index contributed by atoms with van der Waals surface area (Å²) < 4.78 is 26.1. The van der Waals surface area contributed by atoms with Gasteiger partial charge in [0.05, 0.1) is 18.3 Å². The van der Waals surface area contributed by atoms with Gasteiger partial charge in [0.25, 0.3) is 0 Å². The molecule has 6 aliphatic heterocycles. The fourth-order valence-corrected chi connectivity index (χ4v) is 10.5. The highest BCUT2D eigenvalue weighted by molar-refractivity contribution is 5.92. The molecule has 6 heterocycles. The quantitative estimate of drug-likeness (QED) is 0.213. The van der Waals surface area contributed by atoms with Crippen LogP contribution in [0.25, 0.3) is 0 Å². The van der Waals surface area contributed by atoms with E-state index in [4.69, 9.17) is 23.9 Å². The Morgan fingerprint density at radius 2 is 1.72 bits per heavy atom. The Morgan fingerprint density at radius 1 is 0.940 bits per heavy atom. The second kappa shape index (κ2) is 13.4. The van der Waals surface area contributed by atoms with Gasteiger partial charge in [-0.15, -0.1) is 0 Å². The van der Waals surface area contributed by atoms with Crippen molar-refractivity contribution in [1.82, 2.24) is 0 Å². The molecule has 3 saturated heterocycles. The van der Waals surface area contributed by atoms with E-state index in [0.29, 0.717) is 49.5 Å². The van der Waals surface area contributed by atoms with Crippen molar-refractivity contribution in [2.45, 2.75) is 173 Å². The van der Waals surface area contributed by atoms with Crippen LogP contribution < -0.4 is 0 Å². The minimum absolute atomic E-state index is 0.0226. The zero-order chi connectivity index (χ0) is 35.6. The highest BCUT2D eigenvalue weighted by Gasteiger charge is 2.64. The minimum Gasteiger partial charge on any atom is -0.450 e. The zero-order valence-corrected chi connectivity index (χ0v) is 31.4. The molecule has 0 aromatic heterocycles. The van der Waals surface area contributed by atoms with E-state index in [1.807, 2.05) is 19.9 Å². The number of hydrogen-bond acceptors (Lipinski definition) is 8. The van der Waals surface area contributed by atoms with Crippen LogP contribution in [0.3, 0.4) is 0 Å². The summed E-state index contributed by atoms with van der Waals surface area (Å²) in [6, 6.07) is 0. The maximum Gasteiger partial charge on any atom is 0.334 e. The van der Waals surface area contributed by atoms with Crippen LogP contribution in [-0.4, -0.2) is 70.0 Å². The van der Waals surface area contributed by atoms with Gasteiger partial charge < -0.3 is 29.2 Å². The molecule has 276 valence electrons. The van der Waals surface area contributed by atoms with Gasteiger partial charge in [-0.05, 0) is 121 Å². The number of aliphatic hydroxyl groups is 2. The van der Waals surface area contributed by atoms with Crippen molar-refractivity contribution in [2.75, 3.05) is 6.54 Å². The SMILES string of the molecule is C=C1CCCC2=NC[C@H](C)[C@H](C)CC23CCC(C2C=C(C)C(=O)O2)=C(C)C3/C=C(\C)C(O)CC2CCC3(CCC4(OC(CCC4(C)O)C1)O3)O2. The lowest BCUT2D eigenvalue weighted by atomic mass is 9.56. The normalized spacial score (nSPS) is 47.0. The molecule has 1 aliphatic carbocycles. The van der Waals surface area contributed by atoms with E-state index in [1.54, 1.807) is 0 Å². The van der Waals surface area contributed by atoms with Crippen molar-refractivity contribution < 1.29 is 34.0 Å². The van der Waals surface area contributed by atoms with Gasteiger partial charge in [-0.1, -0.05) is 37.6 Å². The van der Waals surface area contributed by atoms with E-state index in [0.717, 1.165) is 69.9 Å². The van der Waals surface area contributed by atoms with E-state index in [-0.39, 0.29) is 35.6 Å². The molecule has 0 aromatic carbocycles. The van der Waals surface area contributed by atoms with Gasteiger partial charge in [-0.2, -0.15) is 0 Å². The first-order valence-corrected chi connectivity index (χ1v) is 19.6. The molecule has 9 unspecified atom stereocenters. The molecule has 4 bridgehead atoms. The Bertz CT molecular complexity index is 1510. The first-order valence-electron chi connectivity index (χ1n) is 19.6. The Hall–Kier alpha value is -2.10. The second-order valence-corrected chi connectivity index (χ2v) is 17.5. The fourth-order valence-electron chi connectivity index (χ4n) is 10.5. The van der Waals surface area contributed by atoms with Crippen LogP contribution in [0, 0.1) is 23.2 Å². The molecule has 0 aromatic rings. The van der Waals surface area contributed by atoms with Gasteiger partial charge >= 0.3 is 5.97 Å². The Balaban J connectivity index is 1.27. The van der Waals surface area contributed by atoms with E-state index in [9.17, 15) is 15.0 Å². The number of aliphatic hydroxyl groups excluding tert-OH is 1. The Kier molecular flexibility index (Phi) is 9.71. The molecular formula is C42H61NO7. The van der Waals surface area contributed by atoms with Crippen molar-refractivity contribution in [3.05, 3.63) is 46.6 Å². The first-order chi connectivity index (χ1) is 23.6. The zero-order valence-electron chi connectivity index (χ0n) is 31.4. The van der Waals surface area contributed by atoms with Crippen LogP contribution in [0.5, 0.6) is 0 Å². The first kappa shape index (κ1) is 36.3. The second-order valence-electron chi connectivity index (χ2n) is 17.5. The van der Waals surface area contributed by atoms with Crippen LogP contribution in [0.15, 0.2) is 51.6 Å². The smallest absolute Gasteiger partial charge is 0.334 e. The van der Waals surface area contributed by atoms with Gasteiger partial charge in [-0.3, -0.25) is 4.99 Å². The molecule has 50 heavy (non-hydrogen) atoms. The van der Waals surface area contributed by atoms with Crippen molar-refractivity contribution in [1.29, 1.82) is 0 Å². The van der Waals surface area contributed by atoms with Crippen molar-refractivity contribution in [3.8, 4) is 0 Å². The van der Waals surface area contributed by atoms with E-state index in [1.165, 1.54) is 22.4 Å². The lowest BCUT2D eigenvalue weighted by Gasteiger charge is -2.49. The van der Waals surface area contributed by atoms with Crippen LogP contribution in [-0.2, 0) is 23.7 Å². The van der Waals surface area contributed by atoms with E-state index < -0.39 is 23.3 Å². The number of rotatable bonds is 1. The molecule has 7 rings (SSSR count). The summed E-state index contributed by atoms with van der Waals surface area (Å²) in [5.41, 5.74) is 5.21. The largest absolute Gasteiger partial charge is 0.450 e. The maximum atomic E-state index is 12.5. The minimum atomic E-state index is -1.11. The summed E-state index contributed by atoms with van der Waals surface area (Å²) >= 11 is 0. The number of aliphatic imine (C=N–C) groups is 1. The number of nitrogens with zero attached hydrogens (tertiary/aromatic N) is 1. The summed E-state index contributed by atoms with van der Waals surface area (Å²) in [4.78, 5) is 18.0. The summed E-state index contributed by atoms with van der Waals surface area (Å²) in [7, 11) is 0. The van der Waals surface area contributed by atoms with E-state index in [2.05, 4.69) is 40.3 Å². The Morgan fingerprint density at radius 3 is 2.48 bits per heavy atom. The molecule has 8 heteroatoms. The third-order valence-corrected chi connectivity index (χ3v) is 14.0. The number of ether oxygens (including phenoxy) is 4. The third-order valence-electron chi connectivity index (χ3n) is 14.0. The Labute approximate surface area is 299 Å². The molecule has 7 aliphatic rings. The monoisotopic (exact) mass is 691 g/mol. The van der Waals surface area contributed by atoms with Crippen LogP contribution in [0.1, 0.15) is 131 Å². The lowest BCUT2D eigenvalue weighted by Crippen LogP contribution is -2.60. The van der Waals surface area contributed by atoms with Gasteiger partial charge in [0, 0.05) is 54.8 Å². The summed E-state index contributed by atoms with van der Waals surface area (Å²) in [6.07, 6.45) is 14.0. The van der Waals surface area contributed by atoms with Gasteiger partial charge in [0.15, 0.2) is 5.79 Å². The van der Waals surface area contributed by atoms with Crippen molar-refractivity contribution in [3.63, 3.8) is 0 Å². The van der Waals surface area contributed by atoms with Gasteiger partial charge in [0.1, 0.15) is 11.7 Å². The number of allylic oxidation sites excluding steroid dienone is 2. The highest BCUT2D eigenvalue weighted by Crippen LogP contribution is 2.56. The molecule has 3 spiro atoms. The number of carbonyl (C=O) groups excluding carboxylic acids is 1. The number of fused-ring (bicyclic) bond motifs is 2. The van der Waals surface area contributed by atoms with Gasteiger partial charge in [0.2, 0.25) is 5.79 Å². The third kappa shape index (κ3) is 6.44. The molecule has 2 N–H and O–H groups in total. The highest BCUT2D eigenvalue weighted by atomic mass is 16.8. The summed E-state index contributed by atoms with van der Waals surface area (Å²) in [6.45, 7) is 18.0. The molecule has 0 radical (unpaired) electrons. The average molecular weight is 692 g/mol. The van der Waals surface area contributed by atoms with E-state index >= 15 is 0 Å². The predicted molar refractivity (Wildman–Crippen MR) is 193 cm³/mol. The summed E-state index contributed by atoms with van der Waals surface area (Å²) in [5, 5.41) is 23.4. The number of carbonyl (C=O) groups is 1. The molecule has 3 fully saturated rings. The molecule has 0 amide bonds. The van der Waals surface area contributed by atoms with Crippen LogP contribution >= 0.6 is 0 Å². The lowest BCUT2D eigenvalue weighted by molar-refractivity contribution is -0.387. The molecule has 8 nitrogen and oxygen atoms in total. The number of hydrogen-bond donors (Lipinski definition) is 2. The average Bonchev–Trinajstić information content (AvgIpc) is 3.71. The number of cyclic esters (lactones) is 1. The standard InChI is InChI=1S/C42H61NO7/c1-25-9-8-10-37-40(23-28(4)29(5)24-43-37)15-13-33(36-21-27(3)38(45)47-36)30(6)34(40)20-26(2)35(44)22-32-12-16-41(48-32)17-18-42(50-41)39(7,46)14-11-31(19-25)49-42/h20-21,28-29,31-32,34-36,44,46H,1,8-19,22-24H2,2-7H3/b26-20+/t28-,29+,31?,32?,34?,35?,36?,39?,40?,41?,42?/m1/s1. The summed E-state index contributed by atoms with van der Waals surface area (Å²) in [5.74, 6) is -1.16. The van der Waals surface area contributed by atoms with Gasteiger partial charge in [-0.25, -0.2) is 4.79 Å². The molecular weight excluding hydrogens is 630 g/mol. The topological polar surface area (TPSA) is 107 Å².